The molecule has 1 fully saturated rings. The first-order valence-corrected chi connectivity index (χ1v) is 8.25. The lowest BCUT2D eigenvalue weighted by molar-refractivity contribution is 0.260. The third kappa shape index (κ3) is 3.57. The van der Waals surface area contributed by atoms with Gasteiger partial charge in [0.05, 0.1) is 16.5 Å². The largest absolute Gasteiger partial charge is 0.299 e. The maximum atomic E-state index is 12.2. The Morgan fingerprint density at radius 1 is 1.40 bits per heavy atom. The van der Waals surface area contributed by atoms with Crippen LogP contribution in [0, 0.1) is 11.3 Å². The van der Waals surface area contributed by atoms with Crippen molar-refractivity contribution in [2.75, 3.05) is 19.6 Å². The van der Waals surface area contributed by atoms with Crippen LogP contribution in [-0.2, 0) is 10.0 Å². The topological polar surface area (TPSA) is 73.2 Å². The summed E-state index contributed by atoms with van der Waals surface area (Å²) in [5, 5.41) is 8.82. The summed E-state index contributed by atoms with van der Waals surface area (Å²) in [5.41, 5.74) is 0.348. The van der Waals surface area contributed by atoms with Crippen molar-refractivity contribution in [1.82, 2.24) is 9.62 Å². The zero-order chi connectivity index (χ0) is 14.6. The van der Waals surface area contributed by atoms with E-state index in [0.717, 1.165) is 13.1 Å². The molecule has 1 aromatic carbocycles. The van der Waals surface area contributed by atoms with Crippen molar-refractivity contribution in [3.05, 3.63) is 29.8 Å². The number of sulfonamides is 1. The summed E-state index contributed by atoms with van der Waals surface area (Å²) in [6.07, 6.45) is 2.36. The number of hydrogen-bond acceptors (Lipinski definition) is 4. The summed E-state index contributed by atoms with van der Waals surface area (Å²) in [4.78, 5) is 2.43. The van der Waals surface area contributed by atoms with E-state index >= 15 is 0 Å². The van der Waals surface area contributed by atoms with E-state index in [0.29, 0.717) is 12.1 Å². The molecule has 2 rings (SSSR count). The van der Waals surface area contributed by atoms with Crippen LogP contribution in [0.3, 0.4) is 0 Å². The number of rotatable bonds is 5. The molecule has 1 N–H and O–H groups in total. The van der Waals surface area contributed by atoms with Crippen LogP contribution >= 0.6 is 0 Å². The van der Waals surface area contributed by atoms with Crippen LogP contribution in [0.5, 0.6) is 0 Å². The molecule has 1 aromatic rings. The highest BCUT2D eigenvalue weighted by molar-refractivity contribution is 7.89. The summed E-state index contributed by atoms with van der Waals surface area (Å²) < 4.78 is 27.0. The first-order chi connectivity index (χ1) is 9.53. The highest BCUT2D eigenvalue weighted by atomic mass is 32.2. The Kier molecular flexibility index (Phi) is 4.76. The van der Waals surface area contributed by atoms with Crippen molar-refractivity contribution < 1.29 is 8.42 Å². The molecule has 0 aliphatic carbocycles. The molecule has 1 aliphatic heterocycles. The van der Waals surface area contributed by atoms with Crippen molar-refractivity contribution in [3.63, 3.8) is 0 Å². The molecule has 0 radical (unpaired) electrons. The van der Waals surface area contributed by atoms with Gasteiger partial charge in [-0.15, -0.1) is 0 Å². The zero-order valence-electron chi connectivity index (χ0n) is 11.5. The van der Waals surface area contributed by atoms with Crippen molar-refractivity contribution in [1.29, 1.82) is 5.26 Å². The van der Waals surface area contributed by atoms with Gasteiger partial charge in [-0.2, -0.15) is 5.26 Å². The zero-order valence-corrected chi connectivity index (χ0v) is 12.4. The van der Waals surface area contributed by atoms with Crippen LogP contribution in [0.15, 0.2) is 29.2 Å². The summed E-state index contributed by atoms with van der Waals surface area (Å²) in [5.74, 6) is 0. The van der Waals surface area contributed by atoms with Crippen LogP contribution in [0.1, 0.15) is 25.3 Å². The molecule has 0 bridgehead atoms. The fraction of sp³-hybridized carbons (Fsp3) is 0.500. The minimum atomic E-state index is -3.55. The fourth-order valence-electron chi connectivity index (χ4n) is 2.36. The lowest BCUT2D eigenvalue weighted by Crippen LogP contribution is -2.40. The standard InChI is InChI=1S/C14H19N3O2S/c1-12(17-7-2-3-8-17)11-16-20(18,19)14-6-4-5-13(9-14)10-15/h4-6,9,12,16H,2-3,7-8,11H2,1H3. The van der Waals surface area contributed by atoms with E-state index in [9.17, 15) is 8.42 Å². The van der Waals surface area contributed by atoms with Crippen LogP contribution in [0.2, 0.25) is 0 Å². The lowest BCUT2D eigenvalue weighted by Gasteiger charge is -2.23. The van der Waals surface area contributed by atoms with E-state index < -0.39 is 10.0 Å². The van der Waals surface area contributed by atoms with E-state index in [-0.39, 0.29) is 10.9 Å². The van der Waals surface area contributed by atoms with Crippen molar-refractivity contribution in [3.8, 4) is 6.07 Å². The molecule has 5 nitrogen and oxygen atoms in total. The van der Waals surface area contributed by atoms with Crippen LogP contribution < -0.4 is 4.72 Å². The number of nitrogens with one attached hydrogen (secondary N) is 1. The second-order valence-corrected chi connectivity index (χ2v) is 6.85. The summed E-state index contributed by atoms with van der Waals surface area (Å²) >= 11 is 0. The molecular formula is C14H19N3O2S. The van der Waals surface area contributed by atoms with Crippen LogP contribution in [0.4, 0.5) is 0 Å². The fourth-order valence-corrected chi connectivity index (χ4v) is 3.53. The van der Waals surface area contributed by atoms with Gasteiger partial charge in [0.15, 0.2) is 0 Å². The Labute approximate surface area is 120 Å². The third-order valence-corrected chi connectivity index (χ3v) is 5.03. The highest BCUT2D eigenvalue weighted by Crippen LogP contribution is 2.13. The normalized spacial score (nSPS) is 17.8. The van der Waals surface area contributed by atoms with E-state index in [1.54, 1.807) is 12.1 Å². The molecule has 0 aromatic heterocycles. The second kappa shape index (κ2) is 6.35. The van der Waals surface area contributed by atoms with Gasteiger partial charge in [-0.25, -0.2) is 13.1 Å². The van der Waals surface area contributed by atoms with Gasteiger partial charge in [-0.1, -0.05) is 6.07 Å². The molecule has 1 heterocycles. The number of nitriles is 1. The minimum absolute atomic E-state index is 0.144. The Bertz CT molecular complexity index is 601. The minimum Gasteiger partial charge on any atom is -0.299 e. The van der Waals surface area contributed by atoms with Gasteiger partial charge in [-0.3, -0.25) is 4.90 Å². The Hall–Kier alpha value is -1.42. The van der Waals surface area contributed by atoms with E-state index in [2.05, 4.69) is 9.62 Å². The Morgan fingerprint density at radius 2 is 2.10 bits per heavy atom. The predicted molar refractivity (Wildman–Crippen MR) is 76.6 cm³/mol. The molecular weight excluding hydrogens is 274 g/mol. The van der Waals surface area contributed by atoms with Crippen LogP contribution in [-0.4, -0.2) is 39.0 Å². The maximum Gasteiger partial charge on any atom is 0.240 e. The van der Waals surface area contributed by atoms with Crippen molar-refractivity contribution in [2.24, 2.45) is 0 Å². The number of benzene rings is 1. The molecule has 0 amide bonds. The average Bonchev–Trinajstić information content (AvgIpc) is 2.99. The second-order valence-electron chi connectivity index (χ2n) is 5.08. The molecule has 1 aliphatic rings. The SMILES string of the molecule is CC(CNS(=O)(=O)c1cccc(C#N)c1)N1CCCC1. The summed E-state index contributed by atoms with van der Waals surface area (Å²) in [7, 11) is -3.55. The van der Waals surface area contributed by atoms with E-state index in [1.165, 1.54) is 25.0 Å². The average molecular weight is 293 g/mol. The third-order valence-electron chi connectivity index (χ3n) is 3.61. The van der Waals surface area contributed by atoms with Gasteiger partial charge in [-0.05, 0) is 51.1 Å². The highest BCUT2D eigenvalue weighted by Gasteiger charge is 2.21. The molecule has 0 spiro atoms. The molecule has 1 atom stereocenters. The summed E-state index contributed by atoms with van der Waals surface area (Å²) in [6, 6.07) is 8.20. The number of likely N-dealkylation sites (tertiary alicyclic amines) is 1. The molecule has 1 unspecified atom stereocenters. The van der Waals surface area contributed by atoms with Gasteiger partial charge in [0.25, 0.3) is 0 Å². The van der Waals surface area contributed by atoms with Gasteiger partial charge in [0.2, 0.25) is 10.0 Å². The Morgan fingerprint density at radius 3 is 2.75 bits per heavy atom. The lowest BCUT2D eigenvalue weighted by atomic mass is 10.2. The first kappa shape index (κ1) is 15.0. The first-order valence-electron chi connectivity index (χ1n) is 6.77. The monoisotopic (exact) mass is 293 g/mol. The molecule has 20 heavy (non-hydrogen) atoms. The number of hydrogen-bond donors (Lipinski definition) is 1. The summed E-state index contributed by atoms with van der Waals surface area (Å²) in [6.45, 7) is 4.48. The molecule has 0 saturated carbocycles. The van der Waals surface area contributed by atoms with Crippen molar-refractivity contribution >= 4 is 10.0 Å². The van der Waals surface area contributed by atoms with Gasteiger partial charge < -0.3 is 0 Å². The van der Waals surface area contributed by atoms with Gasteiger partial charge in [0, 0.05) is 12.6 Å². The molecule has 1 saturated heterocycles. The molecule has 6 heteroatoms. The predicted octanol–water partition coefficient (Wildman–Crippen LogP) is 1.32. The van der Waals surface area contributed by atoms with E-state index in [1.807, 2.05) is 13.0 Å². The van der Waals surface area contributed by atoms with Gasteiger partial charge >= 0.3 is 0 Å². The maximum absolute atomic E-state index is 12.2. The van der Waals surface area contributed by atoms with Crippen LogP contribution in [0.25, 0.3) is 0 Å². The quantitative estimate of drug-likeness (QED) is 0.888. The van der Waals surface area contributed by atoms with Gasteiger partial charge in [0.1, 0.15) is 0 Å². The smallest absolute Gasteiger partial charge is 0.240 e. The van der Waals surface area contributed by atoms with Crippen molar-refractivity contribution in [2.45, 2.75) is 30.7 Å². The Balaban J connectivity index is 2.01. The molecule has 108 valence electrons. The number of nitrogens with zero attached hydrogens (tertiary/aromatic N) is 2. The van der Waals surface area contributed by atoms with E-state index in [4.69, 9.17) is 5.26 Å².